The largest absolute Gasteiger partial charge is 0.452 e. The first-order valence-electron chi connectivity index (χ1n) is 6.92. The van der Waals surface area contributed by atoms with E-state index in [9.17, 15) is 9.18 Å². The molecule has 1 aromatic heterocycles. The van der Waals surface area contributed by atoms with Gasteiger partial charge >= 0.3 is 0 Å². The minimum Gasteiger partial charge on any atom is -0.452 e. The summed E-state index contributed by atoms with van der Waals surface area (Å²) in [5, 5.41) is 0.642. The number of ketones is 1. The summed E-state index contributed by atoms with van der Waals surface area (Å²) in [6.45, 7) is 3.84. The van der Waals surface area contributed by atoms with Crippen LogP contribution in [0, 0.1) is 12.7 Å². The van der Waals surface area contributed by atoms with Crippen LogP contribution in [0.4, 0.5) is 4.39 Å². The molecule has 3 rings (SSSR count). The van der Waals surface area contributed by atoms with E-state index in [0.717, 1.165) is 6.42 Å². The molecular weight excluding hydrogens is 267 g/mol. The molecule has 0 amide bonds. The highest BCUT2D eigenvalue weighted by molar-refractivity contribution is 6.10. The topological polar surface area (TPSA) is 30.2 Å². The van der Waals surface area contributed by atoms with Gasteiger partial charge in [0.05, 0.1) is 0 Å². The smallest absolute Gasteiger partial charge is 0.228 e. The first kappa shape index (κ1) is 13.6. The third kappa shape index (κ3) is 2.35. The van der Waals surface area contributed by atoms with E-state index in [1.54, 1.807) is 25.1 Å². The first-order valence-corrected chi connectivity index (χ1v) is 6.92. The molecule has 3 aromatic rings. The van der Waals surface area contributed by atoms with E-state index < -0.39 is 0 Å². The van der Waals surface area contributed by atoms with E-state index in [0.29, 0.717) is 22.1 Å². The Morgan fingerprint density at radius 1 is 1.14 bits per heavy atom. The lowest BCUT2D eigenvalue weighted by Crippen LogP contribution is -2.01. The van der Waals surface area contributed by atoms with Crippen LogP contribution in [-0.4, -0.2) is 5.78 Å². The second-order valence-corrected chi connectivity index (χ2v) is 5.08. The third-order valence-electron chi connectivity index (χ3n) is 3.73. The van der Waals surface area contributed by atoms with E-state index in [2.05, 4.69) is 6.92 Å². The number of fused-ring (bicyclic) bond motifs is 1. The number of rotatable bonds is 3. The van der Waals surface area contributed by atoms with Gasteiger partial charge in [-0.2, -0.15) is 0 Å². The van der Waals surface area contributed by atoms with E-state index in [4.69, 9.17) is 4.42 Å². The van der Waals surface area contributed by atoms with Crippen LogP contribution in [0.5, 0.6) is 0 Å². The lowest BCUT2D eigenvalue weighted by atomic mass is 10.0. The SMILES string of the molecule is CCc1ccc(C(=O)c2oc3ccc(F)cc3c2C)cc1. The fraction of sp³-hybridized carbons (Fsp3) is 0.167. The van der Waals surface area contributed by atoms with Crippen molar-refractivity contribution in [3.05, 3.63) is 70.7 Å². The molecule has 0 aliphatic carbocycles. The van der Waals surface area contributed by atoms with Gasteiger partial charge in [-0.15, -0.1) is 0 Å². The summed E-state index contributed by atoms with van der Waals surface area (Å²) in [6, 6.07) is 11.7. The van der Waals surface area contributed by atoms with Crippen molar-refractivity contribution in [2.75, 3.05) is 0 Å². The molecule has 0 fully saturated rings. The molecule has 0 bridgehead atoms. The Bertz CT molecular complexity index is 813. The predicted octanol–water partition coefficient (Wildman–Crippen LogP) is 4.67. The Balaban J connectivity index is 2.06. The molecule has 0 unspecified atom stereocenters. The zero-order valence-corrected chi connectivity index (χ0v) is 11.9. The maximum absolute atomic E-state index is 13.3. The van der Waals surface area contributed by atoms with Gasteiger partial charge in [-0.05, 0) is 37.1 Å². The van der Waals surface area contributed by atoms with E-state index in [1.165, 1.54) is 17.7 Å². The quantitative estimate of drug-likeness (QED) is 0.653. The van der Waals surface area contributed by atoms with Gasteiger partial charge < -0.3 is 4.42 Å². The van der Waals surface area contributed by atoms with Gasteiger partial charge in [0.15, 0.2) is 5.76 Å². The van der Waals surface area contributed by atoms with Gasteiger partial charge in [0.2, 0.25) is 5.78 Å². The molecule has 0 radical (unpaired) electrons. The number of hydrogen-bond donors (Lipinski definition) is 0. The van der Waals surface area contributed by atoms with Crippen molar-refractivity contribution >= 4 is 16.8 Å². The van der Waals surface area contributed by atoms with Crippen LogP contribution < -0.4 is 0 Å². The highest BCUT2D eigenvalue weighted by atomic mass is 19.1. The Morgan fingerprint density at radius 2 is 1.86 bits per heavy atom. The average Bonchev–Trinajstić information content (AvgIpc) is 2.83. The van der Waals surface area contributed by atoms with Gasteiger partial charge in [-0.3, -0.25) is 4.79 Å². The monoisotopic (exact) mass is 282 g/mol. The Hall–Kier alpha value is -2.42. The fourth-order valence-corrected chi connectivity index (χ4v) is 2.43. The van der Waals surface area contributed by atoms with Crippen molar-refractivity contribution in [1.29, 1.82) is 0 Å². The van der Waals surface area contributed by atoms with Crippen molar-refractivity contribution in [3.8, 4) is 0 Å². The molecule has 3 heteroatoms. The first-order chi connectivity index (χ1) is 10.1. The molecule has 21 heavy (non-hydrogen) atoms. The minimum absolute atomic E-state index is 0.174. The van der Waals surface area contributed by atoms with Crippen molar-refractivity contribution in [2.24, 2.45) is 0 Å². The minimum atomic E-state index is -0.335. The number of aryl methyl sites for hydroxylation is 2. The van der Waals surface area contributed by atoms with Crippen molar-refractivity contribution in [2.45, 2.75) is 20.3 Å². The molecule has 2 nitrogen and oxygen atoms in total. The maximum atomic E-state index is 13.3. The molecule has 0 spiro atoms. The lowest BCUT2D eigenvalue weighted by Gasteiger charge is -2.01. The summed E-state index contributed by atoms with van der Waals surface area (Å²) in [7, 11) is 0. The summed E-state index contributed by atoms with van der Waals surface area (Å²) in [6.07, 6.45) is 0.928. The standard InChI is InChI=1S/C18H15FO2/c1-3-12-4-6-13(7-5-12)17(20)18-11(2)15-10-14(19)8-9-16(15)21-18/h4-10H,3H2,1-2H3. The second kappa shape index (κ2) is 5.17. The lowest BCUT2D eigenvalue weighted by molar-refractivity contribution is 0.101. The molecule has 2 aromatic carbocycles. The summed E-state index contributed by atoms with van der Waals surface area (Å²) in [5.41, 5.74) is 2.96. The molecule has 0 saturated carbocycles. The molecule has 0 saturated heterocycles. The van der Waals surface area contributed by atoms with Crippen LogP contribution in [0.2, 0.25) is 0 Å². The number of carbonyl (C=O) groups excluding carboxylic acids is 1. The molecule has 106 valence electrons. The molecule has 0 aliphatic heterocycles. The second-order valence-electron chi connectivity index (χ2n) is 5.08. The summed E-state index contributed by atoms with van der Waals surface area (Å²) in [4.78, 5) is 12.5. The van der Waals surface area contributed by atoms with Crippen molar-refractivity contribution in [1.82, 2.24) is 0 Å². The maximum Gasteiger partial charge on any atom is 0.228 e. The average molecular weight is 282 g/mol. The highest BCUT2D eigenvalue weighted by Gasteiger charge is 2.19. The Labute approximate surface area is 122 Å². The number of benzene rings is 2. The van der Waals surface area contributed by atoms with Crippen LogP contribution in [-0.2, 0) is 6.42 Å². The summed E-state index contributed by atoms with van der Waals surface area (Å²) in [5.74, 6) is -0.232. The van der Waals surface area contributed by atoms with Gasteiger partial charge in [0.25, 0.3) is 0 Å². The Morgan fingerprint density at radius 3 is 2.52 bits per heavy atom. The number of hydrogen-bond acceptors (Lipinski definition) is 2. The molecular formula is C18H15FO2. The zero-order chi connectivity index (χ0) is 15.0. The van der Waals surface area contributed by atoms with E-state index >= 15 is 0 Å². The predicted molar refractivity (Wildman–Crippen MR) is 80.2 cm³/mol. The normalized spacial score (nSPS) is 11.0. The summed E-state index contributed by atoms with van der Waals surface area (Å²) < 4.78 is 18.9. The van der Waals surface area contributed by atoms with Crippen LogP contribution in [0.1, 0.15) is 34.2 Å². The number of carbonyl (C=O) groups is 1. The Kier molecular flexibility index (Phi) is 3.34. The highest BCUT2D eigenvalue weighted by Crippen LogP contribution is 2.27. The van der Waals surface area contributed by atoms with Gasteiger partial charge in [0, 0.05) is 16.5 Å². The zero-order valence-electron chi connectivity index (χ0n) is 11.9. The van der Waals surface area contributed by atoms with Crippen LogP contribution in [0.15, 0.2) is 46.9 Å². The van der Waals surface area contributed by atoms with Crippen LogP contribution in [0.3, 0.4) is 0 Å². The molecule has 1 heterocycles. The van der Waals surface area contributed by atoms with Gasteiger partial charge in [-0.1, -0.05) is 31.2 Å². The number of furan rings is 1. The fourth-order valence-electron chi connectivity index (χ4n) is 2.43. The van der Waals surface area contributed by atoms with E-state index in [-0.39, 0.29) is 17.4 Å². The van der Waals surface area contributed by atoms with Gasteiger partial charge in [0.1, 0.15) is 11.4 Å². The third-order valence-corrected chi connectivity index (χ3v) is 3.73. The molecule has 0 atom stereocenters. The molecule has 0 N–H and O–H groups in total. The molecule has 0 aliphatic rings. The van der Waals surface area contributed by atoms with Crippen molar-refractivity contribution in [3.63, 3.8) is 0 Å². The van der Waals surface area contributed by atoms with Gasteiger partial charge in [-0.25, -0.2) is 4.39 Å². The summed E-state index contributed by atoms with van der Waals surface area (Å²) >= 11 is 0. The van der Waals surface area contributed by atoms with Crippen LogP contribution in [0.25, 0.3) is 11.0 Å². The number of halogens is 1. The van der Waals surface area contributed by atoms with Crippen LogP contribution >= 0.6 is 0 Å². The van der Waals surface area contributed by atoms with Crippen molar-refractivity contribution < 1.29 is 13.6 Å². The van der Waals surface area contributed by atoms with E-state index in [1.807, 2.05) is 12.1 Å².